The predicted molar refractivity (Wildman–Crippen MR) is 80.6 cm³/mol. The molecule has 2 aromatic heterocycles. The summed E-state index contributed by atoms with van der Waals surface area (Å²) in [4.78, 5) is 13.0. The summed E-state index contributed by atoms with van der Waals surface area (Å²) in [6.07, 6.45) is 3.61. The Morgan fingerprint density at radius 3 is 2.75 bits per heavy atom. The fraction of sp³-hybridized carbons (Fsp3) is 0.133. The first kappa shape index (κ1) is 12.3. The highest BCUT2D eigenvalue weighted by Gasteiger charge is 2.06. The summed E-state index contributed by atoms with van der Waals surface area (Å²) in [5.74, 6) is 1.43. The first-order valence-corrected chi connectivity index (χ1v) is 6.44. The second kappa shape index (κ2) is 5.52. The molecule has 0 aliphatic heterocycles. The van der Waals surface area contributed by atoms with Crippen molar-refractivity contribution in [2.24, 2.45) is 0 Å². The van der Waals surface area contributed by atoms with Crippen LogP contribution in [-0.2, 0) is 6.54 Å². The lowest BCUT2D eigenvalue weighted by molar-refractivity contribution is 1.08. The van der Waals surface area contributed by atoms with Gasteiger partial charge in [0.25, 0.3) is 0 Å². The van der Waals surface area contributed by atoms with E-state index in [1.54, 1.807) is 6.20 Å². The fourth-order valence-electron chi connectivity index (χ4n) is 2.01. The monoisotopic (exact) mass is 265 g/mol. The lowest BCUT2D eigenvalue weighted by Crippen LogP contribution is -2.05. The van der Waals surface area contributed by atoms with Crippen LogP contribution in [0.3, 0.4) is 0 Å². The van der Waals surface area contributed by atoms with Gasteiger partial charge < -0.3 is 10.6 Å². The Morgan fingerprint density at radius 1 is 1.05 bits per heavy atom. The van der Waals surface area contributed by atoms with Crippen molar-refractivity contribution in [3.8, 4) is 0 Å². The van der Waals surface area contributed by atoms with Crippen molar-refractivity contribution in [3.05, 3.63) is 54.4 Å². The maximum Gasteiger partial charge on any atom is 0.224 e. The lowest BCUT2D eigenvalue weighted by atomic mass is 10.2. The minimum absolute atomic E-state index is 0.609. The van der Waals surface area contributed by atoms with Crippen LogP contribution in [0.15, 0.2) is 48.8 Å². The van der Waals surface area contributed by atoms with Gasteiger partial charge in [-0.1, -0.05) is 18.2 Å². The van der Waals surface area contributed by atoms with Crippen LogP contribution in [0.5, 0.6) is 0 Å². The molecule has 0 saturated heterocycles. The normalized spacial score (nSPS) is 10.4. The minimum Gasteiger partial charge on any atom is -0.365 e. The van der Waals surface area contributed by atoms with E-state index >= 15 is 0 Å². The van der Waals surface area contributed by atoms with Gasteiger partial charge in [-0.15, -0.1) is 0 Å². The molecule has 2 heterocycles. The summed E-state index contributed by atoms with van der Waals surface area (Å²) in [6.45, 7) is 0.679. The highest BCUT2D eigenvalue weighted by molar-refractivity contribution is 5.89. The van der Waals surface area contributed by atoms with E-state index in [0.29, 0.717) is 12.5 Å². The van der Waals surface area contributed by atoms with Crippen LogP contribution in [0.2, 0.25) is 0 Å². The van der Waals surface area contributed by atoms with Crippen molar-refractivity contribution in [3.63, 3.8) is 0 Å². The Bertz CT molecular complexity index is 712. The Hall–Kier alpha value is -2.69. The third kappa shape index (κ3) is 2.51. The predicted octanol–water partition coefficient (Wildman–Crippen LogP) is 2.68. The quantitative estimate of drug-likeness (QED) is 0.759. The first-order chi connectivity index (χ1) is 9.86. The number of rotatable bonds is 4. The minimum atomic E-state index is 0.609. The standard InChI is InChI=1S/C15H15N5/c1-16-15-19-13-7-3-2-6-12(13)14(20-15)18-10-11-5-4-8-17-9-11/h2-9H,10H2,1H3,(H2,16,18,19,20). The van der Waals surface area contributed by atoms with E-state index in [0.717, 1.165) is 22.3 Å². The van der Waals surface area contributed by atoms with Crippen molar-refractivity contribution in [1.82, 2.24) is 15.0 Å². The molecule has 20 heavy (non-hydrogen) atoms. The van der Waals surface area contributed by atoms with Crippen LogP contribution in [0.25, 0.3) is 10.9 Å². The van der Waals surface area contributed by atoms with Gasteiger partial charge in [-0.2, -0.15) is 4.98 Å². The summed E-state index contributed by atoms with van der Waals surface area (Å²) in [5.41, 5.74) is 2.03. The van der Waals surface area contributed by atoms with E-state index in [2.05, 4.69) is 25.6 Å². The SMILES string of the molecule is CNc1nc(NCc2cccnc2)c2ccccc2n1. The molecular weight excluding hydrogens is 250 g/mol. The largest absolute Gasteiger partial charge is 0.365 e. The topological polar surface area (TPSA) is 62.7 Å². The van der Waals surface area contributed by atoms with Crippen LogP contribution in [0.1, 0.15) is 5.56 Å². The van der Waals surface area contributed by atoms with Gasteiger partial charge in [-0.3, -0.25) is 4.98 Å². The molecule has 0 spiro atoms. The average Bonchev–Trinajstić information content (AvgIpc) is 2.53. The Kier molecular flexibility index (Phi) is 3.41. The molecule has 1 aromatic carbocycles. The Balaban J connectivity index is 1.93. The van der Waals surface area contributed by atoms with Gasteiger partial charge in [0.05, 0.1) is 5.52 Å². The Labute approximate surface area is 117 Å². The number of pyridine rings is 1. The molecule has 0 unspecified atom stereocenters. The van der Waals surface area contributed by atoms with Crippen molar-refractivity contribution < 1.29 is 0 Å². The van der Waals surface area contributed by atoms with Crippen molar-refractivity contribution >= 4 is 22.7 Å². The first-order valence-electron chi connectivity index (χ1n) is 6.44. The zero-order valence-electron chi connectivity index (χ0n) is 11.2. The molecule has 0 fully saturated rings. The summed E-state index contributed by atoms with van der Waals surface area (Å²) >= 11 is 0. The molecule has 0 amide bonds. The van der Waals surface area contributed by atoms with E-state index in [4.69, 9.17) is 0 Å². The second-order valence-electron chi connectivity index (χ2n) is 4.38. The average molecular weight is 265 g/mol. The molecule has 0 aliphatic carbocycles. The van der Waals surface area contributed by atoms with E-state index in [9.17, 15) is 0 Å². The van der Waals surface area contributed by atoms with Gasteiger partial charge in [0.1, 0.15) is 5.82 Å². The summed E-state index contributed by atoms with van der Waals surface area (Å²) < 4.78 is 0. The van der Waals surface area contributed by atoms with Gasteiger partial charge in [-0.25, -0.2) is 4.98 Å². The molecule has 0 atom stereocenters. The lowest BCUT2D eigenvalue weighted by Gasteiger charge is -2.10. The molecule has 3 rings (SSSR count). The molecule has 5 nitrogen and oxygen atoms in total. The molecule has 0 bridgehead atoms. The van der Waals surface area contributed by atoms with E-state index in [1.807, 2.05) is 49.6 Å². The van der Waals surface area contributed by atoms with Crippen LogP contribution < -0.4 is 10.6 Å². The maximum atomic E-state index is 4.48. The van der Waals surface area contributed by atoms with Gasteiger partial charge >= 0.3 is 0 Å². The molecule has 0 saturated carbocycles. The third-order valence-corrected chi connectivity index (χ3v) is 3.01. The summed E-state index contributed by atoms with van der Waals surface area (Å²) in [7, 11) is 1.81. The molecule has 2 N–H and O–H groups in total. The smallest absolute Gasteiger partial charge is 0.224 e. The Morgan fingerprint density at radius 2 is 1.95 bits per heavy atom. The van der Waals surface area contributed by atoms with Gasteiger partial charge in [0.15, 0.2) is 0 Å². The molecular formula is C15H15N5. The number of nitrogens with zero attached hydrogens (tertiary/aromatic N) is 3. The number of para-hydroxylation sites is 1. The van der Waals surface area contributed by atoms with E-state index in [1.165, 1.54) is 0 Å². The summed E-state index contributed by atoms with van der Waals surface area (Å²) in [5, 5.41) is 7.34. The molecule has 3 aromatic rings. The number of anilines is 2. The molecule has 0 radical (unpaired) electrons. The van der Waals surface area contributed by atoms with Crippen LogP contribution in [-0.4, -0.2) is 22.0 Å². The van der Waals surface area contributed by atoms with Crippen LogP contribution in [0, 0.1) is 0 Å². The van der Waals surface area contributed by atoms with Gasteiger partial charge in [0.2, 0.25) is 5.95 Å². The third-order valence-electron chi connectivity index (χ3n) is 3.01. The highest BCUT2D eigenvalue weighted by atomic mass is 15.1. The van der Waals surface area contributed by atoms with Crippen molar-refractivity contribution in [2.45, 2.75) is 6.54 Å². The van der Waals surface area contributed by atoms with Crippen LogP contribution >= 0.6 is 0 Å². The van der Waals surface area contributed by atoms with E-state index in [-0.39, 0.29) is 0 Å². The highest BCUT2D eigenvalue weighted by Crippen LogP contribution is 2.22. The van der Waals surface area contributed by atoms with Gasteiger partial charge in [0, 0.05) is 31.4 Å². The number of hydrogen-bond acceptors (Lipinski definition) is 5. The van der Waals surface area contributed by atoms with Crippen molar-refractivity contribution in [2.75, 3.05) is 17.7 Å². The second-order valence-corrected chi connectivity index (χ2v) is 4.38. The molecule has 5 heteroatoms. The van der Waals surface area contributed by atoms with Crippen LogP contribution in [0.4, 0.5) is 11.8 Å². The number of aromatic nitrogens is 3. The fourth-order valence-corrected chi connectivity index (χ4v) is 2.01. The molecule has 0 aliphatic rings. The van der Waals surface area contributed by atoms with Gasteiger partial charge in [-0.05, 0) is 23.8 Å². The maximum absolute atomic E-state index is 4.48. The number of nitrogens with one attached hydrogen (secondary N) is 2. The van der Waals surface area contributed by atoms with E-state index < -0.39 is 0 Å². The number of fused-ring (bicyclic) bond motifs is 1. The number of hydrogen-bond donors (Lipinski definition) is 2. The zero-order valence-corrected chi connectivity index (χ0v) is 11.2. The van der Waals surface area contributed by atoms with Crippen molar-refractivity contribution in [1.29, 1.82) is 0 Å². The zero-order chi connectivity index (χ0) is 13.8. The number of benzene rings is 1. The molecule has 100 valence electrons. The summed E-state index contributed by atoms with van der Waals surface area (Å²) in [6, 6.07) is 11.9.